The minimum absolute atomic E-state index is 0.211. The van der Waals surface area contributed by atoms with Crippen LogP contribution in [0.15, 0.2) is 42.7 Å². The predicted molar refractivity (Wildman–Crippen MR) is 92.9 cm³/mol. The molecule has 0 aliphatic rings. The van der Waals surface area contributed by atoms with Gasteiger partial charge in [-0.15, -0.1) is 0 Å². The Morgan fingerprint density at radius 3 is 2.35 bits per heavy atom. The molecule has 0 bridgehead atoms. The number of amides is 1. The maximum absolute atomic E-state index is 12.2. The van der Waals surface area contributed by atoms with E-state index in [0.717, 1.165) is 0 Å². The number of hydrogen-bond acceptors (Lipinski definition) is 3. The van der Waals surface area contributed by atoms with Gasteiger partial charge in [-0.1, -0.05) is 58.0 Å². The zero-order valence-electron chi connectivity index (χ0n) is 11.3. The highest BCUT2D eigenvalue weighted by Crippen LogP contribution is 2.35. The van der Waals surface area contributed by atoms with E-state index in [-0.39, 0.29) is 10.8 Å². The minimum Gasteiger partial charge on any atom is -0.464 e. The Morgan fingerprint density at radius 1 is 1.13 bits per heavy atom. The number of benzene rings is 1. The van der Waals surface area contributed by atoms with Crippen molar-refractivity contribution in [2.45, 2.75) is 10.0 Å². The molecule has 1 amide bonds. The third-order valence-electron chi connectivity index (χ3n) is 2.64. The van der Waals surface area contributed by atoms with E-state index < -0.39 is 15.9 Å². The van der Waals surface area contributed by atoms with Crippen LogP contribution in [0.25, 0.3) is 0 Å². The molecular formula is C14H9Cl5N2O2. The summed E-state index contributed by atoms with van der Waals surface area (Å²) in [6.07, 6.45) is 1.67. The highest BCUT2D eigenvalue weighted by molar-refractivity contribution is 6.68. The number of pyridine rings is 1. The molecule has 0 aliphatic heterocycles. The molecule has 4 nitrogen and oxygen atoms in total. The summed E-state index contributed by atoms with van der Waals surface area (Å²) in [5.74, 6) is -0.281. The highest BCUT2D eigenvalue weighted by Gasteiger charge is 2.36. The second-order valence-corrected chi connectivity index (χ2v) is 7.54. The van der Waals surface area contributed by atoms with Crippen molar-refractivity contribution in [3.05, 3.63) is 58.3 Å². The standard InChI is InChI=1S/C14H9Cl5N2O2/c15-9-1-2-11(10(16)7-9)23-13(14(17,18)19)21-12(22)8-3-5-20-6-4-8/h1-7,13H,(H,21,22). The van der Waals surface area contributed by atoms with Crippen molar-refractivity contribution in [2.24, 2.45) is 0 Å². The van der Waals surface area contributed by atoms with Crippen molar-refractivity contribution >= 4 is 63.9 Å². The van der Waals surface area contributed by atoms with Crippen molar-refractivity contribution in [3.8, 4) is 5.75 Å². The Labute approximate surface area is 157 Å². The van der Waals surface area contributed by atoms with E-state index in [2.05, 4.69) is 10.3 Å². The summed E-state index contributed by atoms with van der Waals surface area (Å²) in [7, 11) is 0. The maximum Gasteiger partial charge on any atom is 0.254 e. The molecule has 1 aromatic heterocycles. The van der Waals surface area contributed by atoms with E-state index >= 15 is 0 Å². The molecule has 1 heterocycles. The van der Waals surface area contributed by atoms with E-state index in [9.17, 15) is 4.79 Å². The van der Waals surface area contributed by atoms with Gasteiger partial charge in [0.15, 0.2) is 0 Å². The largest absolute Gasteiger partial charge is 0.464 e. The quantitative estimate of drug-likeness (QED) is 0.572. The molecule has 1 aromatic carbocycles. The number of carbonyl (C=O) groups is 1. The Kier molecular flexibility index (Phi) is 6.23. The molecule has 1 atom stereocenters. The monoisotopic (exact) mass is 412 g/mol. The Morgan fingerprint density at radius 2 is 1.78 bits per heavy atom. The molecule has 0 spiro atoms. The van der Waals surface area contributed by atoms with Crippen LogP contribution in [-0.2, 0) is 0 Å². The van der Waals surface area contributed by atoms with Crippen LogP contribution in [0.2, 0.25) is 10.0 Å². The summed E-state index contributed by atoms with van der Waals surface area (Å²) in [6.45, 7) is 0. The smallest absolute Gasteiger partial charge is 0.254 e. The van der Waals surface area contributed by atoms with Gasteiger partial charge in [0.05, 0.1) is 5.02 Å². The van der Waals surface area contributed by atoms with E-state index in [0.29, 0.717) is 10.6 Å². The average Bonchev–Trinajstić information content (AvgIpc) is 2.48. The van der Waals surface area contributed by atoms with Crippen molar-refractivity contribution in [2.75, 3.05) is 0 Å². The third-order valence-corrected chi connectivity index (χ3v) is 3.77. The average molecular weight is 415 g/mol. The number of ether oxygens (including phenoxy) is 1. The summed E-state index contributed by atoms with van der Waals surface area (Å²) in [4.78, 5) is 16.0. The first-order chi connectivity index (χ1) is 10.8. The first-order valence-corrected chi connectivity index (χ1v) is 8.05. The Bertz CT molecular complexity index is 691. The first-order valence-electron chi connectivity index (χ1n) is 6.16. The summed E-state index contributed by atoms with van der Waals surface area (Å²) in [6, 6.07) is 7.56. The molecule has 0 saturated heterocycles. The van der Waals surface area contributed by atoms with Gasteiger partial charge >= 0.3 is 0 Å². The number of rotatable bonds is 4. The molecule has 0 fully saturated rings. The number of hydrogen-bond donors (Lipinski definition) is 1. The van der Waals surface area contributed by atoms with E-state index in [4.69, 9.17) is 62.7 Å². The zero-order chi connectivity index (χ0) is 17.0. The molecule has 0 radical (unpaired) electrons. The lowest BCUT2D eigenvalue weighted by molar-refractivity contribution is 0.0833. The topological polar surface area (TPSA) is 51.2 Å². The van der Waals surface area contributed by atoms with Crippen molar-refractivity contribution in [1.29, 1.82) is 0 Å². The lowest BCUT2D eigenvalue weighted by Gasteiger charge is -2.26. The fourth-order valence-corrected chi connectivity index (χ4v) is 2.33. The molecule has 0 aliphatic carbocycles. The van der Waals surface area contributed by atoms with Gasteiger partial charge in [0.1, 0.15) is 5.75 Å². The fraction of sp³-hybridized carbons (Fsp3) is 0.143. The summed E-state index contributed by atoms with van der Waals surface area (Å²) >= 11 is 29.5. The van der Waals surface area contributed by atoms with Gasteiger partial charge in [0.25, 0.3) is 5.91 Å². The molecular weight excluding hydrogens is 405 g/mol. The number of alkyl halides is 3. The van der Waals surface area contributed by atoms with E-state index in [1.54, 1.807) is 6.07 Å². The number of nitrogens with one attached hydrogen (secondary N) is 1. The second-order valence-electron chi connectivity index (χ2n) is 4.32. The molecule has 1 N–H and O–H groups in total. The zero-order valence-corrected chi connectivity index (χ0v) is 15.1. The highest BCUT2D eigenvalue weighted by atomic mass is 35.6. The normalized spacial score (nSPS) is 12.6. The number of carbonyl (C=O) groups excluding carboxylic acids is 1. The molecule has 2 rings (SSSR count). The summed E-state index contributed by atoms with van der Waals surface area (Å²) in [5, 5.41) is 3.13. The van der Waals surface area contributed by atoms with Gasteiger partial charge in [0.2, 0.25) is 10.0 Å². The Balaban J connectivity index is 2.19. The molecule has 0 saturated carbocycles. The van der Waals surface area contributed by atoms with Crippen LogP contribution in [0.5, 0.6) is 5.75 Å². The molecule has 9 heteroatoms. The summed E-state index contributed by atoms with van der Waals surface area (Å²) < 4.78 is 3.60. The Hall–Kier alpha value is -0.910. The lowest BCUT2D eigenvalue weighted by atomic mass is 10.2. The van der Waals surface area contributed by atoms with Gasteiger partial charge in [-0.05, 0) is 30.3 Å². The van der Waals surface area contributed by atoms with Crippen molar-refractivity contribution < 1.29 is 9.53 Å². The van der Waals surface area contributed by atoms with Crippen LogP contribution in [0.4, 0.5) is 0 Å². The van der Waals surface area contributed by atoms with Gasteiger partial charge in [-0.2, -0.15) is 0 Å². The fourth-order valence-electron chi connectivity index (χ4n) is 1.58. The van der Waals surface area contributed by atoms with Crippen molar-refractivity contribution in [1.82, 2.24) is 10.3 Å². The van der Waals surface area contributed by atoms with Gasteiger partial charge in [0, 0.05) is 23.0 Å². The molecule has 23 heavy (non-hydrogen) atoms. The van der Waals surface area contributed by atoms with E-state index in [1.165, 1.54) is 36.7 Å². The van der Waals surface area contributed by atoms with Crippen LogP contribution in [0, 0.1) is 0 Å². The first kappa shape index (κ1) is 18.4. The third kappa shape index (κ3) is 5.30. The van der Waals surface area contributed by atoms with Crippen LogP contribution in [0.3, 0.4) is 0 Å². The number of aromatic nitrogens is 1. The molecule has 122 valence electrons. The van der Waals surface area contributed by atoms with E-state index in [1.807, 2.05) is 0 Å². The molecule has 2 aromatic rings. The number of nitrogens with zero attached hydrogens (tertiary/aromatic N) is 1. The maximum atomic E-state index is 12.2. The van der Waals surface area contributed by atoms with Gasteiger partial charge in [-0.25, -0.2) is 0 Å². The number of halogens is 5. The second kappa shape index (κ2) is 7.77. The van der Waals surface area contributed by atoms with Gasteiger partial charge < -0.3 is 10.1 Å². The van der Waals surface area contributed by atoms with Crippen molar-refractivity contribution in [3.63, 3.8) is 0 Å². The van der Waals surface area contributed by atoms with Crippen LogP contribution in [-0.4, -0.2) is 20.9 Å². The van der Waals surface area contributed by atoms with Crippen LogP contribution in [0.1, 0.15) is 10.4 Å². The molecule has 1 unspecified atom stereocenters. The van der Waals surface area contributed by atoms with Crippen LogP contribution >= 0.6 is 58.0 Å². The SMILES string of the molecule is O=C(NC(Oc1ccc(Cl)cc1Cl)C(Cl)(Cl)Cl)c1ccncc1. The summed E-state index contributed by atoms with van der Waals surface area (Å²) in [5.41, 5.74) is 0.338. The van der Waals surface area contributed by atoms with Crippen LogP contribution < -0.4 is 10.1 Å². The lowest BCUT2D eigenvalue weighted by Crippen LogP contribution is -2.47. The minimum atomic E-state index is -1.92. The van der Waals surface area contributed by atoms with Gasteiger partial charge in [-0.3, -0.25) is 9.78 Å². The predicted octanol–water partition coefficient (Wildman–Crippen LogP) is 4.89.